The first kappa shape index (κ1) is 20.2. The Morgan fingerprint density at radius 2 is 1.75 bits per heavy atom. The van der Waals surface area contributed by atoms with E-state index in [9.17, 15) is 9.90 Å². The van der Waals surface area contributed by atoms with Crippen LogP contribution in [0.2, 0.25) is 0 Å². The molecule has 6 heteroatoms. The van der Waals surface area contributed by atoms with Gasteiger partial charge in [-0.05, 0) is 43.3 Å². The maximum absolute atomic E-state index is 11.3. The van der Waals surface area contributed by atoms with Crippen LogP contribution in [0.3, 0.4) is 0 Å². The van der Waals surface area contributed by atoms with E-state index in [2.05, 4.69) is 15.9 Å². The fourth-order valence-electron chi connectivity index (χ4n) is 3.39. The van der Waals surface area contributed by atoms with Gasteiger partial charge in [0, 0.05) is 38.3 Å². The summed E-state index contributed by atoms with van der Waals surface area (Å²) in [5.74, 6) is 1.57. The first-order valence-corrected chi connectivity index (χ1v) is 9.59. The molecular formula is C22H28N2O4. The highest BCUT2D eigenvalue weighted by molar-refractivity contribution is 5.94. The quantitative estimate of drug-likeness (QED) is 0.706. The molecule has 0 unspecified atom stereocenters. The maximum Gasteiger partial charge on any atom is 0.159 e. The number of carbonyl (C=O) groups is 1. The number of hydrogen-bond acceptors (Lipinski definition) is 6. The molecule has 1 N–H and O–H groups in total. The number of Topliss-reactive ketones (excluding diaryl/α,β-unsaturated/α-hetero) is 1. The number of benzene rings is 2. The van der Waals surface area contributed by atoms with Gasteiger partial charge in [0.15, 0.2) is 5.78 Å². The summed E-state index contributed by atoms with van der Waals surface area (Å²) in [5.41, 5.74) is 1.77. The lowest BCUT2D eigenvalue weighted by atomic mass is 10.1. The van der Waals surface area contributed by atoms with Crippen LogP contribution in [0.4, 0.5) is 5.69 Å². The van der Waals surface area contributed by atoms with E-state index in [1.807, 2.05) is 18.2 Å². The Balaban J connectivity index is 1.43. The molecule has 1 aliphatic rings. The number of methoxy groups -OCH3 is 1. The zero-order valence-corrected chi connectivity index (χ0v) is 16.5. The second-order valence-corrected chi connectivity index (χ2v) is 7.00. The number of β-amino-alcohol motifs (C(OH)–C–C–N with tert-alkyl or cyclic N) is 1. The summed E-state index contributed by atoms with van der Waals surface area (Å²) in [5, 5.41) is 10.3. The van der Waals surface area contributed by atoms with E-state index in [-0.39, 0.29) is 12.4 Å². The molecule has 6 nitrogen and oxygen atoms in total. The van der Waals surface area contributed by atoms with Gasteiger partial charge >= 0.3 is 0 Å². The number of carbonyl (C=O) groups excluding carboxylic acids is 1. The molecule has 1 aliphatic heterocycles. The van der Waals surface area contributed by atoms with Gasteiger partial charge in [-0.2, -0.15) is 0 Å². The van der Waals surface area contributed by atoms with Gasteiger partial charge in [0.1, 0.15) is 24.2 Å². The Kier molecular flexibility index (Phi) is 6.90. The van der Waals surface area contributed by atoms with Crippen LogP contribution in [-0.2, 0) is 0 Å². The van der Waals surface area contributed by atoms with Crippen LogP contribution < -0.4 is 14.4 Å². The SMILES string of the molecule is COc1ccccc1N1CCN(C[C@H](O)COc2ccc(C(C)=O)cc2)CC1. The van der Waals surface area contributed by atoms with E-state index in [0.717, 1.165) is 37.6 Å². The summed E-state index contributed by atoms with van der Waals surface area (Å²) in [7, 11) is 1.69. The smallest absolute Gasteiger partial charge is 0.159 e. The molecule has 0 saturated carbocycles. The molecule has 0 amide bonds. The molecule has 0 aliphatic carbocycles. The Hall–Kier alpha value is -2.57. The van der Waals surface area contributed by atoms with Crippen molar-refractivity contribution in [3.63, 3.8) is 0 Å². The standard InChI is InChI=1S/C22H28N2O4/c1-17(25)18-7-9-20(10-8-18)28-16-19(26)15-23-11-13-24(14-12-23)21-5-3-4-6-22(21)27-2/h3-10,19,26H,11-16H2,1-2H3/t19-/m0/s1. The monoisotopic (exact) mass is 384 g/mol. The number of aliphatic hydroxyl groups is 1. The summed E-state index contributed by atoms with van der Waals surface area (Å²) in [6.45, 7) is 5.87. The molecular weight excluding hydrogens is 356 g/mol. The Bertz CT molecular complexity index is 770. The largest absolute Gasteiger partial charge is 0.495 e. The molecule has 2 aromatic rings. The molecule has 1 atom stereocenters. The second-order valence-electron chi connectivity index (χ2n) is 7.00. The van der Waals surface area contributed by atoms with Crippen molar-refractivity contribution in [2.75, 3.05) is 51.3 Å². The molecule has 1 heterocycles. The number of anilines is 1. The number of rotatable bonds is 8. The van der Waals surface area contributed by atoms with Crippen molar-refractivity contribution in [1.82, 2.24) is 4.90 Å². The van der Waals surface area contributed by atoms with Crippen molar-refractivity contribution in [3.8, 4) is 11.5 Å². The zero-order valence-electron chi connectivity index (χ0n) is 16.5. The van der Waals surface area contributed by atoms with Gasteiger partial charge < -0.3 is 19.5 Å². The van der Waals surface area contributed by atoms with Crippen LogP contribution in [0.1, 0.15) is 17.3 Å². The van der Waals surface area contributed by atoms with Crippen LogP contribution in [0, 0.1) is 0 Å². The second kappa shape index (κ2) is 9.57. The highest BCUT2D eigenvalue weighted by Crippen LogP contribution is 2.28. The predicted octanol–water partition coefficient (Wildman–Crippen LogP) is 2.46. The van der Waals surface area contributed by atoms with Crippen molar-refractivity contribution in [3.05, 3.63) is 54.1 Å². The maximum atomic E-state index is 11.3. The molecule has 2 aromatic carbocycles. The minimum atomic E-state index is -0.565. The topological polar surface area (TPSA) is 62.2 Å². The van der Waals surface area contributed by atoms with Gasteiger partial charge in [0.25, 0.3) is 0 Å². The Morgan fingerprint density at radius 3 is 2.39 bits per heavy atom. The first-order valence-electron chi connectivity index (χ1n) is 9.59. The molecule has 28 heavy (non-hydrogen) atoms. The van der Waals surface area contributed by atoms with Gasteiger partial charge in [-0.15, -0.1) is 0 Å². The van der Waals surface area contributed by atoms with E-state index < -0.39 is 6.10 Å². The van der Waals surface area contributed by atoms with Crippen LogP contribution in [-0.4, -0.2) is 68.3 Å². The highest BCUT2D eigenvalue weighted by atomic mass is 16.5. The minimum absolute atomic E-state index is 0.0267. The number of ether oxygens (including phenoxy) is 2. The summed E-state index contributed by atoms with van der Waals surface area (Å²) in [6.07, 6.45) is -0.565. The fraction of sp³-hybridized carbons (Fsp3) is 0.409. The van der Waals surface area contributed by atoms with Crippen LogP contribution in [0.5, 0.6) is 11.5 Å². The molecule has 150 valence electrons. The zero-order chi connectivity index (χ0) is 19.9. The number of nitrogens with zero attached hydrogens (tertiary/aromatic N) is 2. The minimum Gasteiger partial charge on any atom is -0.495 e. The summed E-state index contributed by atoms with van der Waals surface area (Å²) in [4.78, 5) is 15.9. The molecule has 0 spiro atoms. The summed E-state index contributed by atoms with van der Waals surface area (Å²) < 4.78 is 11.1. The van der Waals surface area contributed by atoms with Crippen molar-refractivity contribution < 1.29 is 19.4 Å². The predicted molar refractivity (Wildman–Crippen MR) is 110 cm³/mol. The van der Waals surface area contributed by atoms with E-state index in [4.69, 9.17) is 9.47 Å². The summed E-state index contributed by atoms with van der Waals surface area (Å²) in [6, 6.07) is 15.0. The molecule has 3 rings (SSSR count). The van der Waals surface area contributed by atoms with Crippen molar-refractivity contribution in [1.29, 1.82) is 0 Å². The molecule has 0 aromatic heterocycles. The lowest BCUT2D eigenvalue weighted by Crippen LogP contribution is -2.49. The number of hydrogen-bond donors (Lipinski definition) is 1. The normalized spacial score (nSPS) is 15.9. The Labute approximate surface area is 166 Å². The number of ketones is 1. The van der Waals surface area contributed by atoms with Gasteiger partial charge in [-0.3, -0.25) is 9.69 Å². The third-order valence-corrected chi connectivity index (χ3v) is 4.97. The van der Waals surface area contributed by atoms with Crippen molar-refractivity contribution in [2.45, 2.75) is 13.0 Å². The van der Waals surface area contributed by atoms with E-state index >= 15 is 0 Å². The van der Waals surface area contributed by atoms with Gasteiger partial charge in [0.05, 0.1) is 12.8 Å². The highest BCUT2D eigenvalue weighted by Gasteiger charge is 2.21. The Morgan fingerprint density at radius 1 is 1.07 bits per heavy atom. The average Bonchev–Trinajstić information content (AvgIpc) is 2.73. The van der Waals surface area contributed by atoms with Crippen molar-refractivity contribution >= 4 is 11.5 Å². The van der Waals surface area contributed by atoms with Crippen molar-refractivity contribution in [2.24, 2.45) is 0 Å². The lowest BCUT2D eigenvalue weighted by molar-refractivity contribution is 0.0662. The average molecular weight is 384 g/mol. The third kappa shape index (κ3) is 5.24. The molecule has 1 saturated heterocycles. The van der Waals surface area contributed by atoms with Crippen LogP contribution in [0.25, 0.3) is 0 Å². The van der Waals surface area contributed by atoms with Crippen LogP contribution in [0.15, 0.2) is 48.5 Å². The lowest BCUT2D eigenvalue weighted by Gasteiger charge is -2.37. The molecule has 1 fully saturated rings. The van der Waals surface area contributed by atoms with E-state index in [0.29, 0.717) is 17.9 Å². The number of para-hydroxylation sites is 2. The number of piperazine rings is 1. The van der Waals surface area contributed by atoms with Gasteiger partial charge in [-0.1, -0.05) is 12.1 Å². The van der Waals surface area contributed by atoms with Crippen LogP contribution >= 0.6 is 0 Å². The summed E-state index contributed by atoms with van der Waals surface area (Å²) >= 11 is 0. The first-order chi connectivity index (χ1) is 13.6. The van der Waals surface area contributed by atoms with Gasteiger partial charge in [-0.25, -0.2) is 0 Å². The molecule has 0 bridgehead atoms. The van der Waals surface area contributed by atoms with Gasteiger partial charge in [0.2, 0.25) is 0 Å². The molecule has 0 radical (unpaired) electrons. The third-order valence-electron chi connectivity index (χ3n) is 4.97. The fourth-order valence-corrected chi connectivity index (χ4v) is 3.39. The van der Waals surface area contributed by atoms with E-state index in [1.165, 1.54) is 6.92 Å². The van der Waals surface area contributed by atoms with E-state index in [1.54, 1.807) is 31.4 Å². The number of aliphatic hydroxyl groups excluding tert-OH is 1.